The molecule has 1 fully saturated rings. The van der Waals surface area contributed by atoms with E-state index in [1.165, 1.54) is 0 Å². The molecule has 0 saturated carbocycles. The van der Waals surface area contributed by atoms with Gasteiger partial charge in [-0.3, -0.25) is 0 Å². The monoisotopic (exact) mass is 359 g/mol. The third-order valence-corrected chi connectivity index (χ3v) is 4.37. The van der Waals surface area contributed by atoms with Crippen molar-refractivity contribution in [2.45, 2.75) is 32.6 Å². The van der Waals surface area contributed by atoms with Crippen LogP contribution in [-0.4, -0.2) is 61.9 Å². The molecule has 7 nitrogen and oxygen atoms in total. The minimum Gasteiger partial charge on any atom is -0.381 e. The predicted octanol–water partition coefficient (Wildman–Crippen LogP) is 2.38. The van der Waals surface area contributed by atoms with Crippen LogP contribution in [0.15, 0.2) is 18.3 Å². The van der Waals surface area contributed by atoms with Gasteiger partial charge in [0, 0.05) is 52.1 Å². The quantitative estimate of drug-likeness (QED) is 0.721. The fraction of sp³-hybridized carbons (Fsp3) is 0.632. The number of aromatic nitrogens is 1. The summed E-state index contributed by atoms with van der Waals surface area (Å²) in [5.74, 6) is 0.710. The zero-order valence-electron chi connectivity index (χ0n) is 15.6. The van der Waals surface area contributed by atoms with Gasteiger partial charge in [0.2, 0.25) is 0 Å². The van der Waals surface area contributed by atoms with Gasteiger partial charge in [0.1, 0.15) is 11.9 Å². The van der Waals surface area contributed by atoms with Gasteiger partial charge in [-0.05, 0) is 31.4 Å². The van der Waals surface area contributed by atoms with Crippen molar-refractivity contribution in [3.63, 3.8) is 0 Å². The molecule has 142 valence electrons. The summed E-state index contributed by atoms with van der Waals surface area (Å²) in [6.45, 7) is 7.06. The standard InChI is InChI=1S/C19H29N5O2/c1-2-3-14-26-15-5-9-22-19(25)24-11-6-10-23(12-13-24)18-17(16-20)7-4-8-21-18/h4,7-8H,2-3,5-6,9-15H2,1H3,(H,22,25). The lowest BCUT2D eigenvalue weighted by atomic mass is 10.2. The Hall–Kier alpha value is -2.33. The van der Waals surface area contributed by atoms with E-state index in [-0.39, 0.29) is 6.03 Å². The number of nitrogens with one attached hydrogen (secondary N) is 1. The maximum Gasteiger partial charge on any atom is 0.317 e. The smallest absolute Gasteiger partial charge is 0.317 e. The zero-order valence-corrected chi connectivity index (χ0v) is 15.6. The molecule has 7 heteroatoms. The number of carbonyl (C=O) groups is 1. The maximum atomic E-state index is 12.3. The van der Waals surface area contributed by atoms with E-state index in [0.717, 1.165) is 38.8 Å². The summed E-state index contributed by atoms with van der Waals surface area (Å²) in [7, 11) is 0. The van der Waals surface area contributed by atoms with E-state index >= 15 is 0 Å². The Morgan fingerprint density at radius 2 is 2.15 bits per heavy atom. The molecule has 0 bridgehead atoms. The molecule has 2 rings (SSSR count). The van der Waals surface area contributed by atoms with Gasteiger partial charge in [0.15, 0.2) is 0 Å². The number of urea groups is 1. The van der Waals surface area contributed by atoms with Crippen LogP contribution in [0, 0.1) is 11.3 Å². The van der Waals surface area contributed by atoms with Crippen molar-refractivity contribution in [3.05, 3.63) is 23.9 Å². The molecule has 0 spiro atoms. The number of anilines is 1. The third kappa shape index (κ3) is 6.19. The predicted molar refractivity (Wildman–Crippen MR) is 101 cm³/mol. The number of unbranched alkanes of at least 4 members (excludes halogenated alkanes) is 1. The molecule has 1 aliphatic rings. The number of nitrogens with zero attached hydrogens (tertiary/aromatic N) is 4. The minimum absolute atomic E-state index is 0.0260. The topological polar surface area (TPSA) is 81.5 Å². The first-order valence-electron chi connectivity index (χ1n) is 9.47. The number of rotatable bonds is 8. The van der Waals surface area contributed by atoms with Gasteiger partial charge in [0.05, 0.1) is 5.56 Å². The highest BCUT2D eigenvalue weighted by molar-refractivity contribution is 5.74. The summed E-state index contributed by atoms with van der Waals surface area (Å²) in [5.41, 5.74) is 0.577. The van der Waals surface area contributed by atoms with Gasteiger partial charge >= 0.3 is 6.03 Å². The van der Waals surface area contributed by atoms with Crippen LogP contribution in [0.1, 0.15) is 38.2 Å². The van der Waals surface area contributed by atoms with Crippen LogP contribution in [0.2, 0.25) is 0 Å². The molecule has 1 N–H and O–H groups in total. The van der Waals surface area contributed by atoms with E-state index in [9.17, 15) is 10.1 Å². The van der Waals surface area contributed by atoms with Gasteiger partial charge in [-0.25, -0.2) is 9.78 Å². The third-order valence-electron chi connectivity index (χ3n) is 4.37. The molecule has 1 aliphatic heterocycles. The SMILES string of the molecule is CCCCOCCCNC(=O)N1CCCN(c2ncccc2C#N)CC1. The summed E-state index contributed by atoms with van der Waals surface area (Å²) in [5, 5.41) is 12.2. The molecule has 1 aromatic heterocycles. The van der Waals surface area contributed by atoms with E-state index < -0.39 is 0 Å². The molecule has 2 heterocycles. The lowest BCUT2D eigenvalue weighted by Crippen LogP contribution is -2.42. The molecule has 0 aromatic carbocycles. The van der Waals surface area contributed by atoms with Gasteiger partial charge < -0.3 is 19.9 Å². The highest BCUT2D eigenvalue weighted by Gasteiger charge is 2.21. The highest BCUT2D eigenvalue weighted by Crippen LogP contribution is 2.18. The van der Waals surface area contributed by atoms with E-state index in [1.807, 2.05) is 4.90 Å². The number of nitriles is 1. The average Bonchev–Trinajstić information content (AvgIpc) is 2.93. The second-order valence-electron chi connectivity index (χ2n) is 6.37. The van der Waals surface area contributed by atoms with Crippen LogP contribution in [0.3, 0.4) is 0 Å². The van der Waals surface area contributed by atoms with Crippen LogP contribution >= 0.6 is 0 Å². The van der Waals surface area contributed by atoms with Crippen LogP contribution < -0.4 is 10.2 Å². The Labute approximate surface area is 155 Å². The fourth-order valence-electron chi connectivity index (χ4n) is 2.90. The van der Waals surface area contributed by atoms with Gasteiger partial charge in [-0.15, -0.1) is 0 Å². The number of amides is 2. The normalized spacial score (nSPS) is 14.6. The summed E-state index contributed by atoms with van der Waals surface area (Å²) in [6, 6.07) is 5.71. The lowest BCUT2D eigenvalue weighted by Gasteiger charge is -2.23. The molecule has 0 radical (unpaired) electrons. The van der Waals surface area contributed by atoms with Crippen molar-refractivity contribution in [1.29, 1.82) is 5.26 Å². The summed E-state index contributed by atoms with van der Waals surface area (Å²) in [6.07, 6.45) is 5.61. The van der Waals surface area contributed by atoms with Crippen molar-refractivity contribution in [3.8, 4) is 6.07 Å². The number of ether oxygens (including phenoxy) is 1. The van der Waals surface area contributed by atoms with E-state index in [1.54, 1.807) is 18.3 Å². The number of hydrogen-bond acceptors (Lipinski definition) is 5. The Kier molecular flexibility index (Phi) is 8.70. The molecule has 0 atom stereocenters. The highest BCUT2D eigenvalue weighted by atomic mass is 16.5. The van der Waals surface area contributed by atoms with Crippen molar-refractivity contribution < 1.29 is 9.53 Å². The first kappa shape index (κ1) is 20.0. The lowest BCUT2D eigenvalue weighted by molar-refractivity contribution is 0.128. The van der Waals surface area contributed by atoms with Crippen molar-refractivity contribution >= 4 is 11.8 Å². The van der Waals surface area contributed by atoms with Gasteiger partial charge in [-0.2, -0.15) is 5.26 Å². The number of carbonyl (C=O) groups excluding carboxylic acids is 1. The van der Waals surface area contributed by atoms with Gasteiger partial charge in [-0.1, -0.05) is 13.3 Å². The molecule has 1 saturated heterocycles. The summed E-state index contributed by atoms with van der Waals surface area (Å²) >= 11 is 0. The second-order valence-corrected chi connectivity index (χ2v) is 6.37. The Balaban J connectivity index is 1.74. The second kappa shape index (κ2) is 11.3. The van der Waals surface area contributed by atoms with E-state index in [0.29, 0.717) is 44.2 Å². The zero-order chi connectivity index (χ0) is 18.6. The molecule has 1 aromatic rings. The molecular weight excluding hydrogens is 330 g/mol. The van der Waals surface area contributed by atoms with Crippen molar-refractivity contribution in [2.24, 2.45) is 0 Å². The van der Waals surface area contributed by atoms with E-state index in [4.69, 9.17) is 4.74 Å². The van der Waals surface area contributed by atoms with Crippen LogP contribution in [0.5, 0.6) is 0 Å². The maximum absolute atomic E-state index is 12.3. The minimum atomic E-state index is -0.0260. The Morgan fingerprint density at radius 1 is 1.31 bits per heavy atom. The Morgan fingerprint density at radius 3 is 2.96 bits per heavy atom. The van der Waals surface area contributed by atoms with Crippen LogP contribution in [0.25, 0.3) is 0 Å². The number of pyridine rings is 1. The Bertz CT molecular complexity index is 602. The number of hydrogen-bond donors (Lipinski definition) is 1. The first-order chi connectivity index (χ1) is 12.8. The van der Waals surface area contributed by atoms with Crippen LogP contribution in [0.4, 0.5) is 10.6 Å². The molecule has 0 aliphatic carbocycles. The molecule has 26 heavy (non-hydrogen) atoms. The van der Waals surface area contributed by atoms with E-state index in [2.05, 4.69) is 28.2 Å². The average molecular weight is 359 g/mol. The first-order valence-corrected chi connectivity index (χ1v) is 9.47. The van der Waals surface area contributed by atoms with Crippen molar-refractivity contribution in [1.82, 2.24) is 15.2 Å². The summed E-state index contributed by atoms with van der Waals surface area (Å²) < 4.78 is 5.50. The molecular formula is C19H29N5O2. The molecule has 0 unspecified atom stereocenters. The fourth-order valence-corrected chi connectivity index (χ4v) is 2.90. The van der Waals surface area contributed by atoms with Crippen LogP contribution in [-0.2, 0) is 4.74 Å². The van der Waals surface area contributed by atoms with Gasteiger partial charge in [0.25, 0.3) is 0 Å². The van der Waals surface area contributed by atoms with Crippen molar-refractivity contribution in [2.75, 3.05) is 50.8 Å². The molecule has 2 amide bonds. The summed E-state index contributed by atoms with van der Waals surface area (Å²) in [4.78, 5) is 20.6. The largest absolute Gasteiger partial charge is 0.381 e.